The third kappa shape index (κ3) is 5.01. The van der Waals surface area contributed by atoms with Gasteiger partial charge < -0.3 is 21.1 Å². The van der Waals surface area contributed by atoms with Crippen LogP contribution in [-0.4, -0.2) is 32.7 Å². The number of amides is 1. The Labute approximate surface area is 113 Å². The lowest BCUT2D eigenvalue weighted by Crippen LogP contribution is -2.20. The summed E-state index contributed by atoms with van der Waals surface area (Å²) in [4.78, 5) is 11.7. The van der Waals surface area contributed by atoms with Crippen molar-refractivity contribution in [3.05, 3.63) is 35.9 Å². The summed E-state index contributed by atoms with van der Waals surface area (Å²) in [5.74, 6) is -0.148. The van der Waals surface area contributed by atoms with Crippen LogP contribution in [0.25, 0.3) is 0 Å². The van der Waals surface area contributed by atoms with Gasteiger partial charge in [-0.2, -0.15) is 0 Å². The van der Waals surface area contributed by atoms with Crippen molar-refractivity contribution >= 4 is 17.3 Å². The van der Waals surface area contributed by atoms with Crippen LogP contribution in [0.4, 0.5) is 11.4 Å². The molecule has 0 fully saturated rings. The summed E-state index contributed by atoms with van der Waals surface area (Å²) in [7, 11) is 1.60. The number of benzene rings is 1. The first-order chi connectivity index (χ1) is 9.04. The topological polar surface area (TPSA) is 76.4 Å². The van der Waals surface area contributed by atoms with Gasteiger partial charge in [-0.3, -0.25) is 4.79 Å². The van der Waals surface area contributed by atoms with E-state index in [0.29, 0.717) is 36.7 Å². The van der Waals surface area contributed by atoms with Crippen molar-refractivity contribution in [3.63, 3.8) is 0 Å². The molecule has 4 N–H and O–H groups in total. The fourth-order valence-electron chi connectivity index (χ4n) is 1.55. The summed E-state index contributed by atoms with van der Waals surface area (Å²) in [6.07, 6.45) is 0. The van der Waals surface area contributed by atoms with Crippen LogP contribution in [0.5, 0.6) is 0 Å². The van der Waals surface area contributed by atoms with E-state index in [1.54, 1.807) is 25.2 Å². The minimum Gasteiger partial charge on any atom is -0.399 e. The van der Waals surface area contributed by atoms with Gasteiger partial charge in [0.15, 0.2) is 0 Å². The van der Waals surface area contributed by atoms with Gasteiger partial charge in [-0.05, 0) is 25.1 Å². The molecule has 0 spiro atoms. The molecule has 19 heavy (non-hydrogen) atoms. The molecule has 0 radical (unpaired) electrons. The summed E-state index contributed by atoms with van der Waals surface area (Å²) in [6, 6.07) is 5.14. The third-order valence-electron chi connectivity index (χ3n) is 2.43. The second-order valence-corrected chi connectivity index (χ2v) is 4.32. The van der Waals surface area contributed by atoms with Crippen LogP contribution in [0.2, 0.25) is 0 Å². The molecule has 5 nitrogen and oxygen atoms in total. The molecule has 0 saturated heterocycles. The van der Waals surface area contributed by atoms with E-state index in [9.17, 15) is 4.79 Å². The standard InChI is InChI=1S/C14H21N3O2/c1-10(2)9-19-7-6-17-13-8-11(15)4-5-12(13)14(18)16-3/h4-5,8,17H,1,6-7,9,15H2,2-3H3,(H,16,18). The van der Waals surface area contributed by atoms with Crippen LogP contribution in [-0.2, 0) is 4.74 Å². The highest BCUT2D eigenvalue weighted by atomic mass is 16.5. The normalized spacial score (nSPS) is 10.0. The molecule has 0 saturated carbocycles. The van der Waals surface area contributed by atoms with Crippen LogP contribution < -0.4 is 16.4 Å². The summed E-state index contributed by atoms with van der Waals surface area (Å²) >= 11 is 0. The number of ether oxygens (including phenoxy) is 1. The van der Waals surface area contributed by atoms with Gasteiger partial charge in [0.1, 0.15) is 0 Å². The van der Waals surface area contributed by atoms with Gasteiger partial charge in [-0.15, -0.1) is 0 Å². The van der Waals surface area contributed by atoms with Crippen molar-refractivity contribution in [2.75, 3.05) is 37.9 Å². The maximum Gasteiger partial charge on any atom is 0.253 e. The number of nitrogens with one attached hydrogen (secondary N) is 2. The Morgan fingerprint density at radius 2 is 2.21 bits per heavy atom. The molecular weight excluding hydrogens is 242 g/mol. The van der Waals surface area contributed by atoms with E-state index in [4.69, 9.17) is 10.5 Å². The van der Waals surface area contributed by atoms with Gasteiger partial charge >= 0.3 is 0 Å². The van der Waals surface area contributed by atoms with Crippen LogP contribution in [0.3, 0.4) is 0 Å². The molecular formula is C14H21N3O2. The lowest BCUT2D eigenvalue weighted by Gasteiger charge is -2.12. The molecule has 0 aliphatic heterocycles. The summed E-state index contributed by atoms with van der Waals surface area (Å²) in [5, 5.41) is 5.74. The number of hydrogen-bond acceptors (Lipinski definition) is 4. The van der Waals surface area contributed by atoms with E-state index in [-0.39, 0.29) is 5.91 Å². The Hall–Kier alpha value is -2.01. The Kier molecular flexibility index (Phi) is 5.89. The highest BCUT2D eigenvalue weighted by Crippen LogP contribution is 2.18. The molecule has 1 aromatic rings. The molecule has 0 aliphatic carbocycles. The van der Waals surface area contributed by atoms with Crippen molar-refractivity contribution in [1.29, 1.82) is 0 Å². The maximum absolute atomic E-state index is 11.7. The smallest absolute Gasteiger partial charge is 0.253 e. The number of carbonyl (C=O) groups is 1. The molecule has 0 unspecified atom stereocenters. The molecule has 0 aliphatic rings. The summed E-state index contributed by atoms with van der Waals surface area (Å²) < 4.78 is 5.38. The van der Waals surface area contributed by atoms with Crippen LogP contribution in [0.15, 0.2) is 30.4 Å². The van der Waals surface area contributed by atoms with E-state index in [1.807, 2.05) is 6.92 Å². The van der Waals surface area contributed by atoms with Gasteiger partial charge in [0, 0.05) is 25.0 Å². The Morgan fingerprint density at radius 1 is 1.47 bits per heavy atom. The van der Waals surface area contributed by atoms with Crippen molar-refractivity contribution in [2.45, 2.75) is 6.92 Å². The van der Waals surface area contributed by atoms with Crippen molar-refractivity contribution in [3.8, 4) is 0 Å². The zero-order valence-corrected chi connectivity index (χ0v) is 11.5. The number of carbonyl (C=O) groups excluding carboxylic acids is 1. The fourth-order valence-corrected chi connectivity index (χ4v) is 1.55. The van der Waals surface area contributed by atoms with E-state index in [1.165, 1.54) is 0 Å². The lowest BCUT2D eigenvalue weighted by molar-refractivity contribution is 0.0964. The maximum atomic E-state index is 11.7. The van der Waals surface area contributed by atoms with E-state index in [2.05, 4.69) is 17.2 Å². The lowest BCUT2D eigenvalue weighted by atomic mass is 10.1. The first-order valence-corrected chi connectivity index (χ1v) is 6.12. The second-order valence-electron chi connectivity index (χ2n) is 4.32. The van der Waals surface area contributed by atoms with Crippen molar-refractivity contribution in [2.24, 2.45) is 0 Å². The number of rotatable bonds is 7. The minimum absolute atomic E-state index is 0.148. The second kappa shape index (κ2) is 7.43. The highest BCUT2D eigenvalue weighted by Gasteiger charge is 2.09. The quantitative estimate of drug-likeness (QED) is 0.397. The summed E-state index contributed by atoms with van der Waals surface area (Å²) in [5.41, 5.74) is 8.59. The Balaban J connectivity index is 2.58. The first-order valence-electron chi connectivity index (χ1n) is 6.12. The minimum atomic E-state index is -0.148. The number of nitrogens with two attached hydrogens (primary N) is 1. The Morgan fingerprint density at radius 3 is 2.84 bits per heavy atom. The van der Waals surface area contributed by atoms with Crippen LogP contribution >= 0.6 is 0 Å². The molecule has 0 bridgehead atoms. The SMILES string of the molecule is C=C(C)COCCNc1cc(N)ccc1C(=O)NC. The molecule has 0 atom stereocenters. The largest absolute Gasteiger partial charge is 0.399 e. The molecule has 104 valence electrons. The molecule has 0 aromatic heterocycles. The van der Waals surface area contributed by atoms with E-state index in [0.717, 1.165) is 5.57 Å². The zero-order chi connectivity index (χ0) is 14.3. The molecule has 1 aromatic carbocycles. The molecule has 1 amide bonds. The van der Waals surface area contributed by atoms with Gasteiger partial charge in [0.05, 0.1) is 18.8 Å². The van der Waals surface area contributed by atoms with Gasteiger partial charge in [-0.1, -0.05) is 12.2 Å². The molecule has 5 heteroatoms. The van der Waals surface area contributed by atoms with Crippen LogP contribution in [0.1, 0.15) is 17.3 Å². The van der Waals surface area contributed by atoms with Crippen LogP contribution in [0, 0.1) is 0 Å². The zero-order valence-electron chi connectivity index (χ0n) is 11.5. The third-order valence-corrected chi connectivity index (χ3v) is 2.43. The number of anilines is 2. The monoisotopic (exact) mass is 263 g/mol. The Bertz CT molecular complexity index is 458. The molecule has 0 heterocycles. The molecule has 1 rings (SSSR count). The average Bonchev–Trinajstić information content (AvgIpc) is 2.37. The predicted octanol–water partition coefficient (Wildman–Crippen LogP) is 1.63. The van der Waals surface area contributed by atoms with E-state index < -0.39 is 0 Å². The van der Waals surface area contributed by atoms with Crippen molar-refractivity contribution in [1.82, 2.24) is 5.32 Å². The van der Waals surface area contributed by atoms with Gasteiger partial charge in [0.25, 0.3) is 5.91 Å². The highest BCUT2D eigenvalue weighted by molar-refractivity contribution is 6.00. The predicted molar refractivity (Wildman–Crippen MR) is 78.4 cm³/mol. The van der Waals surface area contributed by atoms with Gasteiger partial charge in [-0.25, -0.2) is 0 Å². The number of hydrogen-bond donors (Lipinski definition) is 3. The van der Waals surface area contributed by atoms with Gasteiger partial charge in [0.2, 0.25) is 0 Å². The summed E-state index contributed by atoms with van der Waals surface area (Å²) in [6.45, 7) is 7.34. The van der Waals surface area contributed by atoms with Crippen molar-refractivity contribution < 1.29 is 9.53 Å². The average molecular weight is 263 g/mol. The first kappa shape index (κ1) is 15.0. The van der Waals surface area contributed by atoms with E-state index >= 15 is 0 Å². The number of nitrogen functional groups attached to an aromatic ring is 1. The fraction of sp³-hybridized carbons (Fsp3) is 0.357.